The normalized spacial score (nSPS) is 10.6. The van der Waals surface area contributed by atoms with Crippen molar-refractivity contribution >= 4 is 35.8 Å². The summed E-state index contributed by atoms with van der Waals surface area (Å²) in [5.41, 5.74) is 0. The average molecular weight is 472 g/mol. The Labute approximate surface area is 170 Å². The summed E-state index contributed by atoms with van der Waals surface area (Å²) in [4.78, 5) is 17.9. The number of rotatable bonds is 8. The number of hydrogen-bond donors (Lipinski definition) is 2. The third-order valence-corrected chi connectivity index (χ3v) is 3.45. The lowest BCUT2D eigenvalue weighted by Gasteiger charge is -2.22. The first-order chi connectivity index (χ1) is 12.2. The average Bonchev–Trinajstić information content (AvgIpc) is 3.17. The Morgan fingerprint density at radius 1 is 1.15 bits per heavy atom. The first kappa shape index (κ1) is 21.8. The molecule has 26 heavy (non-hydrogen) atoms. The molecule has 1 aromatic heterocycles. The summed E-state index contributed by atoms with van der Waals surface area (Å²) >= 11 is 0. The van der Waals surface area contributed by atoms with Gasteiger partial charge < -0.3 is 24.7 Å². The Balaban J connectivity index is 0.00000338. The van der Waals surface area contributed by atoms with E-state index >= 15 is 0 Å². The van der Waals surface area contributed by atoms with Gasteiger partial charge in [0, 0.05) is 27.2 Å². The molecule has 2 rings (SSSR count). The van der Waals surface area contributed by atoms with E-state index in [9.17, 15) is 4.79 Å². The second-order valence-electron chi connectivity index (χ2n) is 5.29. The molecule has 0 aliphatic carbocycles. The molecule has 0 aliphatic heterocycles. The Morgan fingerprint density at radius 2 is 1.88 bits per heavy atom. The van der Waals surface area contributed by atoms with Crippen molar-refractivity contribution < 1.29 is 13.9 Å². The molecule has 0 fully saturated rings. The zero-order chi connectivity index (χ0) is 17.9. The van der Waals surface area contributed by atoms with E-state index in [0.29, 0.717) is 32.0 Å². The zero-order valence-electron chi connectivity index (χ0n) is 15.0. The van der Waals surface area contributed by atoms with E-state index in [1.54, 1.807) is 19.2 Å². The van der Waals surface area contributed by atoms with Gasteiger partial charge in [0.05, 0.1) is 12.8 Å². The van der Waals surface area contributed by atoms with Crippen LogP contribution in [0.4, 0.5) is 0 Å². The third-order valence-electron chi connectivity index (χ3n) is 3.45. The SMILES string of the molecule is CN=C(NCCNC(=O)c1ccco1)N(C)CCOc1ccccc1.I. The van der Waals surface area contributed by atoms with Crippen LogP contribution in [-0.2, 0) is 0 Å². The van der Waals surface area contributed by atoms with Crippen molar-refractivity contribution in [1.29, 1.82) is 0 Å². The number of carbonyl (C=O) groups excluding carboxylic acids is 1. The smallest absolute Gasteiger partial charge is 0.287 e. The molecular formula is C18H25IN4O3. The highest BCUT2D eigenvalue weighted by Crippen LogP contribution is 2.07. The molecule has 2 N–H and O–H groups in total. The molecule has 1 heterocycles. The second-order valence-corrected chi connectivity index (χ2v) is 5.29. The van der Waals surface area contributed by atoms with Gasteiger partial charge in [-0.3, -0.25) is 9.79 Å². The number of para-hydroxylation sites is 1. The Bertz CT molecular complexity index is 662. The van der Waals surface area contributed by atoms with Crippen molar-refractivity contribution in [2.24, 2.45) is 4.99 Å². The van der Waals surface area contributed by atoms with Crippen LogP contribution in [0.25, 0.3) is 0 Å². The number of amides is 1. The van der Waals surface area contributed by atoms with Crippen molar-refractivity contribution in [2.75, 3.05) is 40.3 Å². The highest BCUT2D eigenvalue weighted by molar-refractivity contribution is 14.0. The summed E-state index contributed by atoms with van der Waals surface area (Å²) in [5, 5.41) is 5.97. The maximum Gasteiger partial charge on any atom is 0.287 e. The second kappa shape index (κ2) is 12.2. The molecule has 0 bridgehead atoms. The molecule has 1 aromatic carbocycles. The molecule has 0 saturated carbocycles. The molecule has 7 nitrogen and oxygen atoms in total. The zero-order valence-corrected chi connectivity index (χ0v) is 17.3. The molecule has 0 saturated heterocycles. The summed E-state index contributed by atoms with van der Waals surface area (Å²) < 4.78 is 10.7. The largest absolute Gasteiger partial charge is 0.492 e. The van der Waals surface area contributed by atoms with Crippen LogP contribution in [-0.4, -0.2) is 57.1 Å². The third kappa shape index (κ3) is 7.34. The lowest BCUT2D eigenvalue weighted by Crippen LogP contribution is -2.43. The molecule has 1 amide bonds. The fourth-order valence-corrected chi connectivity index (χ4v) is 2.15. The molecule has 0 radical (unpaired) electrons. The molecule has 8 heteroatoms. The highest BCUT2D eigenvalue weighted by Gasteiger charge is 2.08. The number of aliphatic imine (C=N–C) groups is 1. The standard InChI is InChI=1S/C18H24N4O3.HI/c1-19-18(21-11-10-20-17(23)16-9-6-13-25-16)22(2)12-14-24-15-7-4-3-5-8-15;/h3-9,13H,10-12,14H2,1-2H3,(H,19,21)(H,20,23);1H. The molecular weight excluding hydrogens is 447 g/mol. The van der Waals surface area contributed by atoms with E-state index in [1.807, 2.05) is 42.3 Å². The lowest BCUT2D eigenvalue weighted by atomic mass is 10.3. The van der Waals surface area contributed by atoms with E-state index in [1.165, 1.54) is 6.26 Å². The number of nitrogens with zero attached hydrogens (tertiary/aromatic N) is 2. The van der Waals surface area contributed by atoms with Gasteiger partial charge in [-0.2, -0.15) is 0 Å². The lowest BCUT2D eigenvalue weighted by molar-refractivity contribution is 0.0926. The number of hydrogen-bond acceptors (Lipinski definition) is 4. The van der Waals surface area contributed by atoms with Gasteiger partial charge in [0.25, 0.3) is 5.91 Å². The fraction of sp³-hybridized carbons (Fsp3) is 0.333. The first-order valence-electron chi connectivity index (χ1n) is 8.12. The molecule has 0 unspecified atom stereocenters. The number of nitrogens with one attached hydrogen (secondary N) is 2. The van der Waals surface area contributed by atoms with Crippen LogP contribution in [0.3, 0.4) is 0 Å². The number of furan rings is 1. The number of benzene rings is 1. The van der Waals surface area contributed by atoms with Crippen LogP contribution < -0.4 is 15.4 Å². The fourth-order valence-electron chi connectivity index (χ4n) is 2.15. The van der Waals surface area contributed by atoms with E-state index in [-0.39, 0.29) is 29.9 Å². The number of halogens is 1. The number of likely N-dealkylation sites (N-methyl/N-ethyl adjacent to an activating group) is 1. The van der Waals surface area contributed by atoms with Crippen molar-refractivity contribution in [3.63, 3.8) is 0 Å². The minimum absolute atomic E-state index is 0. The summed E-state index contributed by atoms with van der Waals surface area (Å²) in [6.07, 6.45) is 1.47. The van der Waals surface area contributed by atoms with Crippen LogP contribution in [0.1, 0.15) is 10.6 Å². The van der Waals surface area contributed by atoms with E-state index in [0.717, 1.165) is 11.7 Å². The van der Waals surface area contributed by atoms with Gasteiger partial charge in [-0.1, -0.05) is 18.2 Å². The molecule has 0 spiro atoms. The summed E-state index contributed by atoms with van der Waals surface area (Å²) in [6.45, 7) is 2.26. The maximum atomic E-state index is 11.7. The van der Waals surface area contributed by atoms with E-state index in [2.05, 4.69) is 15.6 Å². The van der Waals surface area contributed by atoms with Crippen molar-refractivity contribution in [3.05, 3.63) is 54.5 Å². The van der Waals surface area contributed by atoms with Gasteiger partial charge in [0.1, 0.15) is 12.4 Å². The first-order valence-corrected chi connectivity index (χ1v) is 8.12. The molecule has 142 valence electrons. The maximum absolute atomic E-state index is 11.7. The Hall–Kier alpha value is -2.23. The van der Waals surface area contributed by atoms with Crippen LogP contribution in [0.15, 0.2) is 58.1 Å². The van der Waals surface area contributed by atoms with Crippen LogP contribution >= 0.6 is 24.0 Å². The molecule has 0 aliphatic rings. The van der Waals surface area contributed by atoms with Gasteiger partial charge in [-0.25, -0.2) is 0 Å². The minimum Gasteiger partial charge on any atom is -0.492 e. The number of ether oxygens (including phenoxy) is 1. The summed E-state index contributed by atoms with van der Waals surface area (Å²) in [5.74, 6) is 1.66. The monoisotopic (exact) mass is 472 g/mol. The Morgan fingerprint density at radius 3 is 2.54 bits per heavy atom. The summed E-state index contributed by atoms with van der Waals surface area (Å²) in [6, 6.07) is 13.0. The van der Waals surface area contributed by atoms with E-state index < -0.39 is 0 Å². The van der Waals surface area contributed by atoms with Crippen molar-refractivity contribution in [1.82, 2.24) is 15.5 Å². The number of guanidine groups is 1. The van der Waals surface area contributed by atoms with Gasteiger partial charge in [-0.05, 0) is 24.3 Å². The van der Waals surface area contributed by atoms with Gasteiger partial charge >= 0.3 is 0 Å². The number of carbonyl (C=O) groups is 1. The Kier molecular flexibility index (Phi) is 10.2. The van der Waals surface area contributed by atoms with Gasteiger partial charge in [-0.15, -0.1) is 24.0 Å². The van der Waals surface area contributed by atoms with Crippen molar-refractivity contribution in [2.45, 2.75) is 0 Å². The predicted molar refractivity (Wildman–Crippen MR) is 112 cm³/mol. The van der Waals surface area contributed by atoms with Crippen molar-refractivity contribution in [3.8, 4) is 5.75 Å². The van der Waals surface area contributed by atoms with Crippen LogP contribution in [0, 0.1) is 0 Å². The van der Waals surface area contributed by atoms with Crippen LogP contribution in [0.2, 0.25) is 0 Å². The molecule has 2 aromatic rings. The minimum atomic E-state index is -0.230. The molecule has 0 atom stereocenters. The van der Waals surface area contributed by atoms with Gasteiger partial charge in [0.2, 0.25) is 0 Å². The van der Waals surface area contributed by atoms with Crippen LogP contribution in [0.5, 0.6) is 5.75 Å². The predicted octanol–water partition coefficient (Wildman–Crippen LogP) is 2.21. The van der Waals surface area contributed by atoms with E-state index in [4.69, 9.17) is 9.15 Å². The van der Waals surface area contributed by atoms with Gasteiger partial charge in [0.15, 0.2) is 11.7 Å². The topological polar surface area (TPSA) is 79.1 Å². The highest BCUT2D eigenvalue weighted by atomic mass is 127. The summed E-state index contributed by atoms with van der Waals surface area (Å²) in [7, 11) is 3.66. The quantitative estimate of drug-likeness (QED) is 0.267.